The first-order chi connectivity index (χ1) is 20.4. The molecule has 0 saturated carbocycles. The summed E-state index contributed by atoms with van der Waals surface area (Å²) in [5.41, 5.74) is 4.00. The van der Waals surface area contributed by atoms with E-state index in [4.69, 9.17) is 14.2 Å². The molecule has 3 aromatic rings. The second-order valence-corrected chi connectivity index (χ2v) is 10.3. The lowest BCUT2D eigenvalue weighted by Gasteiger charge is -2.37. The van der Waals surface area contributed by atoms with Crippen LogP contribution in [-0.4, -0.2) is 61.4 Å². The maximum atomic E-state index is 12.9. The summed E-state index contributed by atoms with van der Waals surface area (Å²) < 4.78 is 17.7. The van der Waals surface area contributed by atoms with Gasteiger partial charge in [-0.25, -0.2) is 9.59 Å². The van der Waals surface area contributed by atoms with E-state index in [1.807, 2.05) is 79.9 Å². The van der Waals surface area contributed by atoms with E-state index >= 15 is 0 Å². The standard InChI is InChI=1S/C33H39N3O6/c1-4-17-36(2)21-28-20-30(25-15-13-24(22-37)14-16-25)42-32(41-28)26-11-8-12-27(19-26)34-33(39)35-29(31(38)40-3)18-23-9-6-5-7-10-23/h4-16,19,28-30,32,37H,1,17-18,20-22H2,2-3H3,(H2,34,35,39). The molecule has 0 aromatic heterocycles. The number of aliphatic hydroxyl groups is 1. The second-order valence-electron chi connectivity index (χ2n) is 10.3. The van der Waals surface area contributed by atoms with E-state index in [1.165, 1.54) is 7.11 Å². The number of amides is 2. The zero-order valence-electron chi connectivity index (χ0n) is 24.1. The number of nitrogens with zero attached hydrogens (tertiary/aromatic N) is 1. The van der Waals surface area contributed by atoms with Crippen molar-refractivity contribution in [2.75, 3.05) is 32.6 Å². The molecule has 9 nitrogen and oxygen atoms in total. The molecule has 0 aliphatic carbocycles. The van der Waals surface area contributed by atoms with E-state index < -0.39 is 24.3 Å². The van der Waals surface area contributed by atoms with Crippen molar-refractivity contribution in [3.05, 3.63) is 114 Å². The molecule has 1 aliphatic rings. The molecule has 4 rings (SSSR count). The molecule has 222 valence electrons. The fraction of sp³-hybridized carbons (Fsp3) is 0.333. The number of likely N-dealkylation sites (N-methyl/N-ethyl adjacent to an activating group) is 1. The lowest BCUT2D eigenvalue weighted by molar-refractivity contribution is -0.252. The predicted molar refractivity (Wildman–Crippen MR) is 161 cm³/mol. The van der Waals surface area contributed by atoms with Gasteiger partial charge in [0.1, 0.15) is 6.04 Å². The van der Waals surface area contributed by atoms with E-state index in [-0.39, 0.29) is 18.8 Å². The number of nitrogens with one attached hydrogen (secondary N) is 2. The minimum Gasteiger partial charge on any atom is -0.467 e. The molecule has 9 heteroatoms. The van der Waals surface area contributed by atoms with Gasteiger partial charge in [0.05, 0.1) is 25.9 Å². The summed E-state index contributed by atoms with van der Waals surface area (Å²) >= 11 is 0. The molecule has 1 fully saturated rings. The molecule has 0 bridgehead atoms. The van der Waals surface area contributed by atoms with E-state index in [1.54, 1.807) is 12.1 Å². The van der Waals surface area contributed by atoms with Gasteiger partial charge in [0.25, 0.3) is 0 Å². The quantitative estimate of drug-likeness (QED) is 0.212. The number of hydrogen-bond acceptors (Lipinski definition) is 7. The first-order valence-electron chi connectivity index (χ1n) is 14.0. The van der Waals surface area contributed by atoms with Crippen molar-refractivity contribution in [1.29, 1.82) is 0 Å². The van der Waals surface area contributed by atoms with Gasteiger partial charge < -0.3 is 34.9 Å². The fourth-order valence-electron chi connectivity index (χ4n) is 4.95. The highest BCUT2D eigenvalue weighted by atomic mass is 16.7. The summed E-state index contributed by atoms with van der Waals surface area (Å²) in [5, 5.41) is 15.0. The molecule has 3 N–H and O–H groups in total. The minimum atomic E-state index is -0.850. The first kappa shape index (κ1) is 30.9. The molecule has 1 saturated heterocycles. The number of urea groups is 1. The first-order valence-corrected chi connectivity index (χ1v) is 14.0. The zero-order chi connectivity index (χ0) is 29.9. The maximum absolute atomic E-state index is 12.9. The molecule has 1 heterocycles. The third-order valence-electron chi connectivity index (χ3n) is 7.06. The Morgan fingerprint density at radius 2 is 1.81 bits per heavy atom. The van der Waals surface area contributed by atoms with Gasteiger partial charge in [-0.15, -0.1) is 6.58 Å². The number of rotatable bonds is 12. The Morgan fingerprint density at radius 3 is 2.50 bits per heavy atom. The summed E-state index contributed by atoms with van der Waals surface area (Å²) in [6, 6.07) is 23.0. The molecular formula is C33H39N3O6. The fourth-order valence-corrected chi connectivity index (χ4v) is 4.95. The Morgan fingerprint density at radius 1 is 1.05 bits per heavy atom. The third kappa shape index (κ3) is 8.74. The number of carbonyl (C=O) groups excluding carboxylic acids is 2. The van der Waals surface area contributed by atoms with Crippen molar-refractivity contribution in [2.45, 2.75) is 44.0 Å². The van der Waals surface area contributed by atoms with Crippen LogP contribution in [0.15, 0.2) is 91.5 Å². The van der Waals surface area contributed by atoms with Gasteiger partial charge in [0, 0.05) is 37.2 Å². The topological polar surface area (TPSA) is 109 Å². The van der Waals surface area contributed by atoms with Crippen molar-refractivity contribution in [2.24, 2.45) is 0 Å². The number of ether oxygens (including phenoxy) is 3. The van der Waals surface area contributed by atoms with Crippen molar-refractivity contribution in [1.82, 2.24) is 10.2 Å². The van der Waals surface area contributed by atoms with Crippen LogP contribution in [0.25, 0.3) is 0 Å². The molecule has 0 radical (unpaired) electrons. The van der Waals surface area contributed by atoms with Crippen LogP contribution in [0.3, 0.4) is 0 Å². The van der Waals surface area contributed by atoms with Crippen LogP contribution in [0.5, 0.6) is 0 Å². The predicted octanol–water partition coefficient (Wildman–Crippen LogP) is 4.75. The van der Waals surface area contributed by atoms with Crippen molar-refractivity contribution in [3.8, 4) is 0 Å². The highest BCUT2D eigenvalue weighted by Gasteiger charge is 2.33. The van der Waals surface area contributed by atoms with Crippen LogP contribution >= 0.6 is 0 Å². The molecule has 0 spiro atoms. The van der Waals surface area contributed by atoms with Gasteiger partial charge in [-0.05, 0) is 35.9 Å². The molecule has 4 unspecified atom stereocenters. The van der Waals surface area contributed by atoms with Gasteiger partial charge in [-0.2, -0.15) is 0 Å². The Labute approximate surface area is 247 Å². The number of esters is 1. The van der Waals surface area contributed by atoms with Gasteiger partial charge in [0.2, 0.25) is 0 Å². The Bertz CT molecular complexity index is 1320. The van der Waals surface area contributed by atoms with Crippen LogP contribution in [0.1, 0.15) is 41.1 Å². The van der Waals surface area contributed by atoms with Crippen molar-refractivity contribution >= 4 is 17.7 Å². The highest BCUT2D eigenvalue weighted by molar-refractivity contribution is 5.92. The van der Waals surface area contributed by atoms with Gasteiger partial charge in [-0.3, -0.25) is 0 Å². The van der Waals surface area contributed by atoms with Gasteiger partial charge >= 0.3 is 12.0 Å². The smallest absolute Gasteiger partial charge is 0.328 e. The van der Waals surface area contributed by atoms with Crippen molar-refractivity contribution < 1.29 is 28.9 Å². The third-order valence-corrected chi connectivity index (χ3v) is 7.06. The molecule has 3 aromatic carbocycles. The molecule has 4 atom stereocenters. The van der Waals surface area contributed by atoms with Gasteiger partial charge in [-0.1, -0.05) is 72.8 Å². The number of anilines is 1. The summed E-state index contributed by atoms with van der Waals surface area (Å²) in [4.78, 5) is 27.4. The number of methoxy groups -OCH3 is 1. The highest BCUT2D eigenvalue weighted by Crippen LogP contribution is 2.38. The number of benzene rings is 3. The normalized spacial score (nSPS) is 19.1. The van der Waals surface area contributed by atoms with E-state index in [9.17, 15) is 14.7 Å². The summed E-state index contributed by atoms with van der Waals surface area (Å²) in [6.07, 6.45) is 1.80. The zero-order valence-corrected chi connectivity index (χ0v) is 24.1. The van der Waals surface area contributed by atoms with E-state index in [0.29, 0.717) is 25.1 Å². The number of aliphatic hydroxyl groups excluding tert-OH is 1. The average Bonchev–Trinajstić information content (AvgIpc) is 3.01. The number of hydrogen-bond donors (Lipinski definition) is 3. The minimum absolute atomic E-state index is 0.0213. The molecule has 42 heavy (non-hydrogen) atoms. The van der Waals surface area contributed by atoms with Crippen LogP contribution in [0, 0.1) is 0 Å². The molecule has 2 amide bonds. The average molecular weight is 574 g/mol. The van der Waals surface area contributed by atoms with Crippen LogP contribution in [0.2, 0.25) is 0 Å². The molecule has 1 aliphatic heterocycles. The van der Waals surface area contributed by atoms with Crippen LogP contribution in [-0.2, 0) is 32.0 Å². The maximum Gasteiger partial charge on any atom is 0.328 e. The Kier molecular flexibility index (Phi) is 11.2. The summed E-state index contributed by atoms with van der Waals surface area (Å²) in [6.45, 7) is 5.22. The summed E-state index contributed by atoms with van der Waals surface area (Å²) in [7, 11) is 3.31. The van der Waals surface area contributed by atoms with E-state index in [2.05, 4.69) is 22.1 Å². The van der Waals surface area contributed by atoms with E-state index in [0.717, 1.165) is 28.8 Å². The Balaban J connectivity index is 1.48. The molecular weight excluding hydrogens is 534 g/mol. The second kappa shape index (κ2) is 15.3. The largest absolute Gasteiger partial charge is 0.467 e. The SMILES string of the molecule is C=CCN(C)CC1CC(c2ccc(CO)cc2)OC(c2cccc(NC(=O)NC(Cc3ccccc3)C(=O)OC)c2)O1. The van der Waals surface area contributed by atoms with Crippen LogP contribution in [0.4, 0.5) is 10.5 Å². The Hall–Kier alpha value is -4.02. The van der Waals surface area contributed by atoms with Crippen LogP contribution < -0.4 is 10.6 Å². The lowest BCUT2D eigenvalue weighted by Crippen LogP contribution is -2.45. The van der Waals surface area contributed by atoms with Crippen molar-refractivity contribution in [3.63, 3.8) is 0 Å². The van der Waals surface area contributed by atoms with Gasteiger partial charge in [0.15, 0.2) is 6.29 Å². The number of carbonyl (C=O) groups is 2. The monoisotopic (exact) mass is 573 g/mol. The summed E-state index contributed by atoms with van der Waals surface area (Å²) in [5.74, 6) is -0.530. The lowest BCUT2D eigenvalue weighted by atomic mass is 9.99.